The van der Waals surface area contributed by atoms with Gasteiger partial charge in [0, 0.05) is 21.4 Å². The molecule has 0 atom stereocenters. The summed E-state index contributed by atoms with van der Waals surface area (Å²) in [7, 11) is -3.93. The molecule has 9 heteroatoms. The summed E-state index contributed by atoms with van der Waals surface area (Å²) in [4.78, 5) is 1.05. The van der Waals surface area contributed by atoms with Crippen LogP contribution in [0.25, 0.3) is 10.9 Å². The Morgan fingerprint density at radius 2 is 1.31 bits per heavy atom. The Morgan fingerprint density at radius 1 is 0.714 bits per heavy atom. The molecule has 0 aliphatic carbocycles. The number of hydrogen-bond acceptors (Lipinski definition) is 7. The lowest BCUT2D eigenvalue weighted by molar-refractivity contribution is -0.0460. The molecule has 0 unspecified atom stereocenters. The van der Waals surface area contributed by atoms with Crippen LogP contribution in [-0.2, 0) is 29.0 Å². The molecule has 7 nitrogen and oxygen atoms in total. The van der Waals surface area contributed by atoms with Gasteiger partial charge in [-0.1, -0.05) is 66.4 Å². The van der Waals surface area contributed by atoms with Crippen molar-refractivity contribution in [3.8, 4) is 0 Å². The second kappa shape index (κ2) is 9.42. The Hall–Kier alpha value is -2.66. The number of benzene rings is 3. The van der Waals surface area contributed by atoms with E-state index in [1.165, 1.54) is 15.7 Å². The van der Waals surface area contributed by atoms with Gasteiger partial charge in [0.1, 0.15) is 5.03 Å². The van der Waals surface area contributed by atoms with Crippen molar-refractivity contribution in [1.29, 1.82) is 0 Å². The van der Waals surface area contributed by atoms with Crippen LogP contribution in [0.1, 0.15) is 23.7 Å². The topological polar surface area (TPSA) is 76.0 Å². The maximum atomic E-state index is 14.0. The Bertz CT molecular complexity index is 1460. The zero-order chi connectivity index (χ0) is 23.8. The molecule has 2 aliphatic rings. The predicted octanol–water partition coefficient (Wildman–Crippen LogP) is 5.12. The summed E-state index contributed by atoms with van der Waals surface area (Å²) in [6.07, 6.45) is -1.16. The lowest BCUT2D eigenvalue weighted by Crippen LogP contribution is -2.15. The zero-order valence-corrected chi connectivity index (χ0v) is 20.3. The van der Waals surface area contributed by atoms with E-state index >= 15 is 0 Å². The maximum Gasteiger partial charge on any atom is 0.269 e. The fourth-order valence-corrected chi connectivity index (χ4v) is 7.40. The Kier molecular flexibility index (Phi) is 6.13. The highest BCUT2D eigenvalue weighted by molar-refractivity contribution is 8.00. The van der Waals surface area contributed by atoms with Gasteiger partial charge >= 0.3 is 0 Å². The van der Waals surface area contributed by atoms with Crippen LogP contribution in [0.3, 0.4) is 0 Å². The minimum Gasteiger partial charge on any atom is -0.346 e. The molecule has 0 amide bonds. The Balaban J connectivity index is 1.60. The smallest absolute Gasteiger partial charge is 0.269 e. The fourth-order valence-electron chi connectivity index (χ4n) is 4.41. The van der Waals surface area contributed by atoms with Crippen LogP contribution < -0.4 is 0 Å². The van der Waals surface area contributed by atoms with E-state index in [1.807, 2.05) is 48.5 Å². The maximum absolute atomic E-state index is 14.0. The average molecular weight is 510 g/mol. The van der Waals surface area contributed by atoms with E-state index < -0.39 is 22.6 Å². The molecular weight excluding hydrogens is 486 g/mol. The van der Waals surface area contributed by atoms with Crippen LogP contribution in [0, 0.1) is 0 Å². The number of rotatable bonds is 6. The highest BCUT2D eigenvalue weighted by atomic mass is 32.2. The summed E-state index contributed by atoms with van der Waals surface area (Å²) < 4.78 is 52.8. The standard InChI is InChI=1S/C26H23NO6S2/c28-35(29,18-8-2-1-3-9-18)27-21-12-6-4-10-19(21)23(26-32-16-17-33-26)24(27)34-22-13-7-5-11-20(22)25-30-14-15-31-25/h1-13,25-26H,14-17H2. The fraction of sp³-hybridized carbons (Fsp3) is 0.231. The first-order valence-corrected chi connectivity index (χ1v) is 13.6. The lowest BCUT2D eigenvalue weighted by Gasteiger charge is -2.18. The minimum atomic E-state index is -3.93. The lowest BCUT2D eigenvalue weighted by atomic mass is 10.2. The molecule has 6 rings (SSSR count). The second-order valence-electron chi connectivity index (χ2n) is 8.11. The van der Waals surface area contributed by atoms with Gasteiger partial charge in [0.05, 0.1) is 36.8 Å². The number of nitrogens with zero attached hydrogens (tertiary/aromatic N) is 1. The minimum absolute atomic E-state index is 0.207. The molecule has 0 spiro atoms. The molecule has 0 bridgehead atoms. The van der Waals surface area contributed by atoms with E-state index in [9.17, 15) is 8.42 Å². The summed E-state index contributed by atoms with van der Waals surface area (Å²) in [5.41, 5.74) is 2.12. The van der Waals surface area contributed by atoms with Crippen molar-refractivity contribution in [1.82, 2.24) is 3.97 Å². The first-order valence-electron chi connectivity index (χ1n) is 11.3. The Labute approximate surface area is 207 Å². The second-order valence-corrected chi connectivity index (χ2v) is 10.9. The van der Waals surface area contributed by atoms with Crippen molar-refractivity contribution < 1.29 is 27.4 Å². The summed E-state index contributed by atoms with van der Waals surface area (Å²) in [6, 6.07) is 23.6. The van der Waals surface area contributed by atoms with Crippen LogP contribution in [0.5, 0.6) is 0 Å². The highest BCUT2D eigenvalue weighted by Gasteiger charge is 2.34. The van der Waals surface area contributed by atoms with Crippen molar-refractivity contribution in [2.75, 3.05) is 26.4 Å². The van der Waals surface area contributed by atoms with E-state index in [0.29, 0.717) is 42.5 Å². The molecule has 180 valence electrons. The summed E-state index contributed by atoms with van der Waals surface area (Å²) in [5.74, 6) is 0. The molecule has 3 aromatic carbocycles. The van der Waals surface area contributed by atoms with Gasteiger partial charge in [-0.3, -0.25) is 0 Å². The number of aromatic nitrogens is 1. The molecule has 4 aromatic rings. The van der Waals surface area contributed by atoms with E-state index in [1.54, 1.807) is 30.3 Å². The van der Waals surface area contributed by atoms with Gasteiger partial charge < -0.3 is 18.9 Å². The molecule has 1 aromatic heterocycles. The quantitative estimate of drug-likeness (QED) is 0.357. The highest BCUT2D eigenvalue weighted by Crippen LogP contribution is 2.46. The predicted molar refractivity (Wildman–Crippen MR) is 131 cm³/mol. The third-order valence-electron chi connectivity index (χ3n) is 5.97. The van der Waals surface area contributed by atoms with Crippen LogP contribution in [0.2, 0.25) is 0 Å². The van der Waals surface area contributed by atoms with Crippen LogP contribution in [0.4, 0.5) is 0 Å². The first-order chi connectivity index (χ1) is 17.1. The van der Waals surface area contributed by atoms with Crippen molar-refractivity contribution in [3.05, 3.63) is 90.0 Å². The zero-order valence-electron chi connectivity index (χ0n) is 18.7. The van der Waals surface area contributed by atoms with Crippen molar-refractivity contribution in [2.24, 2.45) is 0 Å². The van der Waals surface area contributed by atoms with Gasteiger partial charge in [-0.2, -0.15) is 0 Å². The molecule has 0 radical (unpaired) electrons. The molecule has 0 saturated carbocycles. The van der Waals surface area contributed by atoms with Gasteiger partial charge in [0.25, 0.3) is 10.0 Å². The Morgan fingerprint density at radius 3 is 2.06 bits per heavy atom. The molecular formula is C26H23NO6S2. The number of hydrogen-bond donors (Lipinski definition) is 0. The van der Waals surface area contributed by atoms with Crippen molar-refractivity contribution in [2.45, 2.75) is 27.4 Å². The molecule has 35 heavy (non-hydrogen) atoms. The third kappa shape index (κ3) is 4.08. The monoisotopic (exact) mass is 509 g/mol. The van der Waals surface area contributed by atoms with Gasteiger partial charge in [0.15, 0.2) is 12.6 Å². The SMILES string of the molecule is O=S(=O)(c1ccccc1)n1c(Sc2ccccc2C2OCCO2)c(C2OCCO2)c2ccccc21. The van der Waals surface area contributed by atoms with Crippen molar-refractivity contribution in [3.63, 3.8) is 0 Å². The van der Waals surface area contributed by atoms with Crippen LogP contribution in [0.15, 0.2) is 93.7 Å². The normalized spacial score (nSPS) is 17.5. The van der Waals surface area contributed by atoms with E-state index in [2.05, 4.69) is 0 Å². The van der Waals surface area contributed by atoms with Crippen molar-refractivity contribution >= 4 is 32.7 Å². The number of ether oxygens (including phenoxy) is 4. The van der Waals surface area contributed by atoms with E-state index in [4.69, 9.17) is 18.9 Å². The van der Waals surface area contributed by atoms with Crippen LogP contribution in [-0.4, -0.2) is 38.8 Å². The first kappa shape index (κ1) is 22.8. The van der Waals surface area contributed by atoms with Gasteiger partial charge in [-0.15, -0.1) is 0 Å². The number of para-hydroxylation sites is 1. The largest absolute Gasteiger partial charge is 0.346 e. The molecule has 2 aliphatic heterocycles. The molecule has 2 saturated heterocycles. The number of fused-ring (bicyclic) bond motifs is 1. The molecule has 3 heterocycles. The summed E-state index contributed by atoms with van der Waals surface area (Å²) in [6.45, 7) is 1.92. The summed E-state index contributed by atoms with van der Waals surface area (Å²) >= 11 is 1.35. The van der Waals surface area contributed by atoms with Gasteiger partial charge in [-0.25, -0.2) is 12.4 Å². The van der Waals surface area contributed by atoms with Crippen LogP contribution >= 0.6 is 11.8 Å². The van der Waals surface area contributed by atoms with E-state index in [0.717, 1.165) is 15.8 Å². The third-order valence-corrected chi connectivity index (χ3v) is 9.00. The van der Waals surface area contributed by atoms with E-state index in [-0.39, 0.29) is 4.90 Å². The summed E-state index contributed by atoms with van der Waals surface area (Å²) in [5, 5.41) is 1.29. The molecule has 2 fully saturated rings. The average Bonchev–Trinajstić information content (AvgIpc) is 3.65. The van der Waals surface area contributed by atoms with Gasteiger partial charge in [-0.05, 0) is 24.3 Å². The molecule has 0 N–H and O–H groups in total. The van der Waals surface area contributed by atoms with Gasteiger partial charge in [0.2, 0.25) is 0 Å².